The molecule has 0 atom stereocenters. The van der Waals surface area contributed by atoms with Crippen LogP contribution >= 0.6 is 11.3 Å². The van der Waals surface area contributed by atoms with Gasteiger partial charge in [0.2, 0.25) is 25.1 Å². The molecule has 12 nitrogen and oxygen atoms in total. The molecule has 1 saturated carbocycles. The normalized spacial score (nSPS) is 18.2. The van der Waals surface area contributed by atoms with E-state index in [0.29, 0.717) is 35.1 Å². The highest BCUT2D eigenvalue weighted by molar-refractivity contribution is 7.90. The Hall–Kier alpha value is -2.95. The number of benzene rings is 1. The van der Waals surface area contributed by atoms with Gasteiger partial charge in [-0.2, -0.15) is 32.6 Å². The Kier molecular flexibility index (Phi) is 7.52. The van der Waals surface area contributed by atoms with Crippen molar-refractivity contribution in [3.05, 3.63) is 28.3 Å². The number of aliphatic hydroxyl groups excluding tert-OH is 1. The molecule has 0 saturated heterocycles. The van der Waals surface area contributed by atoms with Crippen LogP contribution in [0.2, 0.25) is 0 Å². The summed E-state index contributed by atoms with van der Waals surface area (Å²) in [6.07, 6.45) is -3.99. The molecule has 3 heterocycles. The number of rotatable bonds is 8. The average molecular weight is 646 g/mol. The number of sulfonamides is 2. The lowest BCUT2D eigenvalue weighted by Crippen LogP contribution is -2.41. The molecular weight excluding hydrogens is 620 g/mol. The fourth-order valence-electron chi connectivity index (χ4n) is 4.83. The maximum absolute atomic E-state index is 13.5. The number of aromatic nitrogens is 4. The minimum atomic E-state index is -4.74. The molecular formula is C24H26F3N7O5S3. The summed E-state index contributed by atoms with van der Waals surface area (Å²) in [4.78, 5) is -0.275. The number of fused-ring (bicyclic) bond motifs is 1. The van der Waals surface area contributed by atoms with Gasteiger partial charge in [0.15, 0.2) is 5.01 Å². The summed E-state index contributed by atoms with van der Waals surface area (Å²) < 4.78 is 97.6. The average Bonchev–Trinajstić information content (AvgIpc) is 3.34. The minimum Gasteiger partial charge on any atom is -0.392 e. The van der Waals surface area contributed by atoms with Crippen LogP contribution in [0.1, 0.15) is 43.7 Å². The van der Waals surface area contributed by atoms with Gasteiger partial charge in [-0.3, -0.25) is 4.68 Å². The Morgan fingerprint density at radius 2 is 1.90 bits per heavy atom. The van der Waals surface area contributed by atoms with Gasteiger partial charge in [-0.1, -0.05) is 11.3 Å². The van der Waals surface area contributed by atoms with Crippen molar-refractivity contribution in [2.45, 2.75) is 55.0 Å². The van der Waals surface area contributed by atoms with Gasteiger partial charge in [0.05, 0.1) is 28.3 Å². The van der Waals surface area contributed by atoms with E-state index in [1.54, 1.807) is 13.8 Å². The molecule has 1 fully saturated rings. The molecule has 0 unspecified atom stereocenters. The van der Waals surface area contributed by atoms with E-state index in [-0.39, 0.29) is 51.8 Å². The van der Waals surface area contributed by atoms with Crippen molar-refractivity contribution in [3.8, 4) is 16.8 Å². The van der Waals surface area contributed by atoms with Crippen LogP contribution in [-0.4, -0.2) is 76.7 Å². The summed E-state index contributed by atoms with van der Waals surface area (Å²) in [5.74, 6) is 0. The summed E-state index contributed by atoms with van der Waals surface area (Å²) in [7, 11) is -6.44. The van der Waals surface area contributed by atoms with Gasteiger partial charge in [0.25, 0.3) is 0 Å². The van der Waals surface area contributed by atoms with Crippen LogP contribution in [0.15, 0.2) is 22.6 Å². The Bertz CT molecular complexity index is 1870. The van der Waals surface area contributed by atoms with Crippen LogP contribution in [0.5, 0.6) is 0 Å². The number of nitrogens with one attached hydrogen (secondary N) is 1. The third-order valence-electron chi connectivity index (χ3n) is 7.26. The highest BCUT2D eigenvalue weighted by Crippen LogP contribution is 2.42. The number of aryl methyl sites for hydroxylation is 1. The zero-order valence-corrected chi connectivity index (χ0v) is 25.0. The number of aliphatic hydroxyl groups is 1. The van der Waals surface area contributed by atoms with Gasteiger partial charge in [-0.05, 0) is 56.4 Å². The predicted octanol–water partition coefficient (Wildman–Crippen LogP) is 2.63. The molecule has 0 spiro atoms. The van der Waals surface area contributed by atoms with Crippen molar-refractivity contribution in [1.29, 1.82) is 5.26 Å². The second kappa shape index (κ2) is 10.3. The monoisotopic (exact) mass is 645 g/mol. The number of hydrogen-bond acceptors (Lipinski definition) is 10. The first-order valence-electron chi connectivity index (χ1n) is 12.7. The van der Waals surface area contributed by atoms with Crippen molar-refractivity contribution >= 4 is 47.9 Å². The van der Waals surface area contributed by atoms with E-state index >= 15 is 0 Å². The molecule has 18 heteroatoms. The van der Waals surface area contributed by atoms with Gasteiger partial charge in [0.1, 0.15) is 11.2 Å². The lowest BCUT2D eigenvalue weighted by atomic mass is 9.92. The van der Waals surface area contributed by atoms with Gasteiger partial charge in [0, 0.05) is 31.1 Å². The number of nitrogens with zero attached hydrogens (tertiary/aromatic N) is 6. The molecule has 0 bridgehead atoms. The molecule has 42 heavy (non-hydrogen) atoms. The van der Waals surface area contributed by atoms with Crippen molar-refractivity contribution < 1.29 is 35.1 Å². The Morgan fingerprint density at radius 3 is 2.45 bits per heavy atom. The lowest BCUT2D eigenvalue weighted by molar-refractivity contribution is -0.138. The predicted molar refractivity (Wildman–Crippen MR) is 147 cm³/mol. The second-order valence-corrected chi connectivity index (χ2v) is 15.6. The Labute approximate surface area is 243 Å². The van der Waals surface area contributed by atoms with Crippen LogP contribution in [-0.2, 0) is 33.3 Å². The molecule has 2 aliphatic rings. The largest absolute Gasteiger partial charge is 0.445 e. The summed E-state index contributed by atoms with van der Waals surface area (Å²) in [5.41, 5.74) is 0.184. The van der Waals surface area contributed by atoms with Gasteiger partial charge in [-0.25, -0.2) is 16.8 Å². The zero-order valence-electron chi connectivity index (χ0n) is 22.6. The first-order chi connectivity index (χ1) is 19.5. The highest BCUT2D eigenvalue weighted by Gasteiger charge is 2.47. The summed E-state index contributed by atoms with van der Waals surface area (Å²) >= 11 is 0.254. The zero-order chi connectivity index (χ0) is 30.8. The maximum atomic E-state index is 13.5. The van der Waals surface area contributed by atoms with E-state index in [2.05, 4.69) is 20.0 Å². The first kappa shape index (κ1) is 30.5. The first-order valence-corrected chi connectivity index (χ1v) is 16.5. The number of nitriles is 1. The molecule has 226 valence electrons. The Morgan fingerprint density at radius 1 is 1.21 bits per heavy atom. The van der Waals surface area contributed by atoms with E-state index in [1.165, 1.54) is 28.2 Å². The van der Waals surface area contributed by atoms with E-state index in [9.17, 15) is 40.4 Å². The van der Waals surface area contributed by atoms with Crippen molar-refractivity contribution in [2.75, 3.05) is 19.7 Å². The molecule has 0 amide bonds. The fraction of sp³-hybridized carbons (Fsp3) is 0.500. The second-order valence-electron chi connectivity index (χ2n) is 10.5. The lowest BCUT2D eigenvalue weighted by Gasteiger charge is -2.31. The standard InChI is InChI=1S/C24H26F3N7O5S3/c1-13(2)42(38,39)34-7-4-16(14(10-34)11-35)17-8-15(41(36,37)32-23(12-28)5-6-23)9-18-19(31-33(3)20(17)18)21-29-30-22(40-21)24(25,26)27/h8-9,13,32,35H,4-7,10-11H2,1-3H3. The SMILES string of the molecule is CC(C)S(=O)(=O)N1CCC(c2cc(S(=O)(=O)NC3(C#N)CC3)cc3c(-c4nnc(C(F)(F)F)s4)nn(C)c23)=C(CO)C1. The molecule has 0 radical (unpaired) electrons. The molecule has 3 aromatic rings. The molecule has 1 aromatic carbocycles. The third kappa shape index (κ3) is 5.33. The topological polar surface area (TPSA) is 171 Å². The Balaban J connectivity index is 1.74. The smallest absolute Gasteiger partial charge is 0.392 e. The number of hydrogen-bond donors (Lipinski definition) is 2. The van der Waals surface area contributed by atoms with E-state index in [0.717, 1.165) is 0 Å². The van der Waals surface area contributed by atoms with Crippen molar-refractivity contribution in [1.82, 2.24) is 29.0 Å². The summed E-state index contributed by atoms with van der Waals surface area (Å²) in [6.45, 7) is 2.49. The molecule has 5 rings (SSSR count). The van der Waals surface area contributed by atoms with Gasteiger partial charge < -0.3 is 5.11 Å². The minimum absolute atomic E-state index is 0.0359. The summed E-state index contributed by atoms with van der Waals surface area (Å²) in [5, 5.41) is 29.1. The van der Waals surface area contributed by atoms with Crippen LogP contribution in [0.25, 0.3) is 27.2 Å². The van der Waals surface area contributed by atoms with E-state index < -0.39 is 48.6 Å². The van der Waals surface area contributed by atoms with E-state index in [1.807, 2.05) is 6.07 Å². The van der Waals surface area contributed by atoms with Crippen LogP contribution in [0.3, 0.4) is 0 Å². The molecule has 2 N–H and O–H groups in total. The summed E-state index contributed by atoms with van der Waals surface area (Å²) in [6, 6.07) is 4.56. The van der Waals surface area contributed by atoms with Gasteiger partial charge in [-0.15, -0.1) is 10.2 Å². The highest BCUT2D eigenvalue weighted by atomic mass is 32.2. The van der Waals surface area contributed by atoms with Gasteiger partial charge >= 0.3 is 6.18 Å². The van der Waals surface area contributed by atoms with Crippen molar-refractivity contribution in [3.63, 3.8) is 0 Å². The van der Waals surface area contributed by atoms with Crippen molar-refractivity contribution in [2.24, 2.45) is 7.05 Å². The number of halogens is 3. The molecule has 1 aliphatic heterocycles. The quantitative estimate of drug-likeness (QED) is 0.374. The fourth-order valence-corrected chi connectivity index (χ4v) is 8.25. The van der Waals surface area contributed by atoms with E-state index in [4.69, 9.17) is 0 Å². The molecule has 1 aliphatic carbocycles. The van der Waals surface area contributed by atoms with Crippen LogP contribution < -0.4 is 4.72 Å². The number of alkyl halides is 3. The molecule has 2 aromatic heterocycles. The third-order valence-corrected chi connectivity index (χ3v) is 12.0. The maximum Gasteiger partial charge on any atom is 0.445 e. The van der Waals surface area contributed by atoms with Crippen LogP contribution in [0, 0.1) is 11.3 Å². The van der Waals surface area contributed by atoms with Crippen LogP contribution in [0.4, 0.5) is 13.2 Å².